The van der Waals surface area contributed by atoms with Crippen molar-refractivity contribution in [2.75, 3.05) is 18.5 Å². The summed E-state index contributed by atoms with van der Waals surface area (Å²) in [4.78, 5) is 29.3. The van der Waals surface area contributed by atoms with Crippen LogP contribution in [0.15, 0.2) is 65.5 Å². The highest BCUT2D eigenvalue weighted by atomic mass is 19.3. The van der Waals surface area contributed by atoms with Crippen LogP contribution in [0.2, 0.25) is 0 Å². The Hall–Kier alpha value is -3.59. The first-order chi connectivity index (χ1) is 16.3. The number of nitrogens with one attached hydrogen (secondary N) is 2. The van der Waals surface area contributed by atoms with Gasteiger partial charge in [0, 0.05) is 43.4 Å². The standard InChI is InChI=1S/C25H25F2N3O4/c1-24(26,27)19-4-2-3-5-20(19)30-18-8-6-17(7-9-18)13-29-23(32)25(10-11-33-15-25)12-21(31)22-14-28-16-34-22/h2-9,14,16,30H,10-13,15H2,1H3,(H,29,32)/t25-/m0/s1. The molecule has 0 bridgehead atoms. The minimum Gasteiger partial charge on any atom is -0.440 e. The Morgan fingerprint density at radius 3 is 2.56 bits per heavy atom. The smallest absolute Gasteiger partial charge is 0.272 e. The first-order valence-electron chi connectivity index (χ1n) is 10.9. The lowest BCUT2D eigenvalue weighted by atomic mass is 9.80. The van der Waals surface area contributed by atoms with E-state index >= 15 is 0 Å². The molecule has 0 saturated carbocycles. The van der Waals surface area contributed by atoms with Gasteiger partial charge in [0.15, 0.2) is 12.2 Å². The van der Waals surface area contributed by atoms with Crippen LogP contribution in [0.25, 0.3) is 0 Å². The number of rotatable bonds is 9. The lowest BCUT2D eigenvalue weighted by molar-refractivity contribution is -0.131. The summed E-state index contributed by atoms with van der Waals surface area (Å²) < 4.78 is 38.2. The van der Waals surface area contributed by atoms with Crippen molar-refractivity contribution in [1.29, 1.82) is 0 Å². The Balaban J connectivity index is 1.38. The number of carbonyl (C=O) groups excluding carboxylic acids is 2. The van der Waals surface area contributed by atoms with E-state index in [0.29, 0.717) is 24.4 Å². The van der Waals surface area contributed by atoms with Crippen molar-refractivity contribution < 1.29 is 27.5 Å². The van der Waals surface area contributed by atoms with Gasteiger partial charge in [-0.25, -0.2) is 13.8 Å². The largest absolute Gasteiger partial charge is 0.440 e. The number of hydrogen-bond donors (Lipinski definition) is 2. The van der Waals surface area contributed by atoms with Crippen LogP contribution in [0, 0.1) is 5.41 Å². The highest BCUT2D eigenvalue weighted by Crippen LogP contribution is 2.35. The lowest BCUT2D eigenvalue weighted by Crippen LogP contribution is -2.42. The number of benzene rings is 2. The third-order valence-electron chi connectivity index (χ3n) is 5.88. The summed E-state index contributed by atoms with van der Waals surface area (Å²) in [6, 6.07) is 13.4. The fraction of sp³-hybridized carbons (Fsp3) is 0.320. The molecule has 0 aliphatic carbocycles. The average Bonchev–Trinajstić information content (AvgIpc) is 3.51. The number of amides is 1. The summed E-state index contributed by atoms with van der Waals surface area (Å²) in [5.41, 5.74) is 0.750. The number of halogens is 2. The van der Waals surface area contributed by atoms with Crippen LogP contribution in [0.4, 0.5) is 20.2 Å². The summed E-state index contributed by atoms with van der Waals surface area (Å²) in [6.45, 7) is 1.67. The Kier molecular flexibility index (Phi) is 6.74. The molecule has 1 amide bonds. The number of aromatic nitrogens is 1. The van der Waals surface area contributed by atoms with E-state index in [-0.39, 0.29) is 42.6 Å². The molecule has 3 aromatic rings. The van der Waals surface area contributed by atoms with Crippen molar-refractivity contribution in [2.45, 2.75) is 32.2 Å². The number of alkyl halides is 2. The second kappa shape index (κ2) is 9.72. The molecule has 2 heterocycles. The maximum absolute atomic E-state index is 13.9. The summed E-state index contributed by atoms with van der Waals surface area (Å²) >= 11 is 0. The second-order valence-electron chi connectivity index (χ2n) is 8.49. The molecule has 1 aromatic heterocycles. The maximum atomic E-state index is 13.9. The van der Waals surface area contributed by atoms with Gasteiger partial charge in [0.2, 0.25) is 11.7 Å². The van der Waals surface area contributed by atoms with E-state index in [1.165, 1.54) is 18.7 Å². The van der Waals surface area contributed by atoms with Gasteiger partial charge in [-0.15, -0.1) is 0 Å². The molecule has 2 N–H and O–H groups in total. The van der Waals surface area contributed by atoms with Crippen LogP contribution in [0.3, 0.4) is 0 Å². The SMILES string of the molecule is CC(F)(F)c1ccccc1Nc1ccc(CNC(=O)[C@]2(CC(=O)c3cnco3)CCOC2)cc1. The van der Waals surface area contributed by atoms with Crippen LogP contribution >= 0.6 is 0 Å². The molecule has 1 atom stereocenters. The molecule has 4 rings (SSSR count). The van der Waals surface area contributed by atoms with Crippen LogP contribution in [-0.2, 0) is 22.0 Å². The molecule has 2 aromatic carbocycles. The Morgan fingerprint density at radius 1 is 1.15 bits per heavy atom. The van der Waals surface area contributed by atoms with Crippen molar-refractivity contribution in [2.24, 2.45) is 5.41 Å². The van der Waals surface area contributed by atoms with Gasteiger partial charge in [-0.1, -0.05) is 30.3 Å². The molecule has 0 unspecified atom stereocenters. The zero-order valence-electron chi connectivity index (χ0n) is 18.6. The molecule has 7 nitrogen and oxygen atoms in total. The van der Waals surface area contributed by atoms with Crippen molar-refractivity contribution in [3.8, 4) is 0 Å². The number of ether oxygens (including phenoxy) is 1. The molecule has 0 radical (unpaired) electrons. The van der Waals surface area contributed by atoms with Crippen molar-refractivity contribution in [3.05, 3.63) is 78.0 Å². The van der Waals surface area contributed by atoms with Gasteiger partial charge in [-0.2, -0.15) is 0 Å². The van der Waals surface area contributed by atoms with E-state index in [2.05, 4.69) is 15.6 Å². The second-order valence-corrected chi connectivity index (χ2v) is 8.49. The maximum Gasteiger partial charge on any atom is 0.272 e. The summed E-state index contributed by atoms with van der Waals surface area (Å²) in [7, 11) is 0. The summed E-state index contributed by atoms with van der Waals surface area (Å²) in [5.74, 6) is -3.42. The van der Waals surface area contributed by atoms with Crippen molar-refractivity contribution >= 4 is 23.1 Å². The predicted octanol–water partition coefficient (Wildman–Crippen LogP) is 4.83. The summed E-state index contributed by atoms with van der Waals surface area (Å²) in [6.07, 6.45) is 2.91. The summed E-state index contributed by atoms with van der Waals surface area (Å²) in [5, 5.41) is 5.92. The van der Waals surface area contributed by atoms with Crippen LogP contribution in [0.1, 0.15) is 41.4 Å². The molecule has 178 valence electrons. The molecule has 1 saturated heterocycles. The number of ketones is 1. The monoisotopic (exact) mass is 469 g/mol. The molecule has 9 heteroatoms. The van der Waals surface area contributed by atoms with E-state index in [9.17, 15) is 18.4 Å². The Bertz CT molecular complexity index is 1140. The van der Waals surface area contributed by atoms with Gasteiger partial charge in [-0.3, -0.25) is 9.59 Å². The quantitative estimate of drug-likeness (QED) is 0.436. The normalized spacial score (nSPS) is 18.0. The number of nitrogens with zero attached hydrogens (tertiary/aromatic N) is 1. The van der Waals surface area contributed by atoms with Crippen molar-refractivity contribution in [1.82, 2.24) is 10.3 Å². The predicted molar refractivity (Wildman–Crippen MR) is 121 cm³/mol. The zero-order chi connectivity index (χ0) is 24.2. The van der Waals surface area contributed by atoms with Gasteiger partial charge in [0.05, 0.1) is 18.2 Å². The number of para-hydroxylation sites is 1. The van der Waals surface area contributed by atoms with Gasteiger partial charge in [0.1, 0.15) is 0 Å². The first kappa shape index (κ1) is 23.6. The Labute approximate surface area is 195 Å². The fourth-order valence-corrected chi connectivity index (χ4v) is 3.96. The third-order valence-corrected chi connectivity index (χ3v) is 5.88. The number of carbonyl (C=O) groups is 2. The number of hydrogen-bond acceptors (Lipinski definition) is 6. The molecular formula is C25H25F2N3O4. The van der Waals surface area contributed by atoms with Gasteiger partial charge in [-0.05, 0) is 30.2 Å². The first-order valence-corrected chi connectivity index (χ1v) is 10.9. The van der Waals surface area contributed by atoms with Crippen LogP contribution in [-0.4, -0.2) is 29.9 Å². The number of anilines is 2. The topological polar surface area (TPSA) is 93.5 Å². The molecule has 1 aliphatic heterocycles. The minimum absolute atomic E-state index is 0.0294. The van der Waals surface area contributed by atoms with Gasteiger partial charge in [0.25, 0.3) is 5.92 Å². The lowest BCUT2D eigenvalue weighted by Gasteiger charge is -2.25. The van der Waals surface area contributed by atoms with Crippen LogP contribution < -0.4 is 10.6 Å². The van der Waals surface area contributed by atoms with E-state index in [1.54, 1.807) is 42.5 Å². The number of oxazole rings is 1. The molecule has 1 aliphatic rings. The van der Waals surface area contributed by atoms with E-state index in [1.807, 2.05) is 0 Å². The van der Waals surface area contributed by atoms with Gasteiger partial charge < -0.3 is 19.8 Å². The van der Waals surface area contributed by atoms with Crippen molar-refractivity contribution in [3.63, 3.8) is 0 Å². The van der Waals surface area contributed by atoms with E-state index < -0.39 is 11.3 Å². The molecule has 0 spiro atoms. The number of Topliss-reactive ketones (excluding diaryl/α,β-unsaturated/α-hetero) is 1. The molecule has 1 fully saturated rings. The van der Waals surface area contributed by atoms with E-state index in [0.717, 1.165) is 12.5 Å². The van der Waals surface area contributed by atoms with E-state index in [4.69, 9.17) is 9.15 Å². The molecular weight excluding hydrogens is 444 g/mol. The molecule has 34 heavy (non-hydrogen) atoms. The van der Waals surface area contributed by atoms with Crippen LogP contribution in [0.5, 0.6) is 0 Å². The zero-order valence-corrected chi connectivity index (χ0v) is 18.6. The minimum atomic E-state index is -2.97. The third kappa shape index (κ3) is 5.31. The average molecular weight is 469 g/mol. The van der Waals surface area contributed by atoms with Gasteiger partial charge >= 0.3 is 0 Å². The highest BCUT2D eigenvalue weighted by Gasteiger charge is 2.44. The highest BCUT2D eigenvalue weighted by molar-refractivity contribution is 5.97. The fourth-order valence-electron chi connectivity index (χ4n) is 3.96. The Morgan fingerprint density at radius 2 is 1.91 bits per heavy atom.